The van der Waals surface area contributed by atoms with Gasteiger partial charge in [0.05, 0.1) is 0 Å². The van der Waals surface area contributed by atoms with Crippen LogP contribution in [0.1, 0.15) is 25.7 Å². The number of hydrogen-bond donors (Lipinski definition) is 3. The molecule has 0 aromatic carbocycles. The van der Waals surface area contributed by atoms with Crippen molar-refractivity contribution in [2.45, 2.75) is 37.8 Å². The van der Waals surface area contributed by atoms with Gasteiger partial charge in [0.15, 0.2) is 0 Å². The first-order valence-electron chi connectivity index (χ1n) is 5.06. The summed E-state index contributed by atoms with van der Waals surface area (Å²) >= 11 is 0. The Labute approximate surface area is 88.3 Å². The molecular weight excluding hydrogens is 196 g/mol. The highest BCUT2D eigenvalue weighted by molar-refractivity contribution is 5.94. The van der Waals surface area contributed by atoms with E-state index in [9.17, 15) is 9.59 Å². The fourth-order valence-corrected chi connectivity index (χ4v) is 1.72. The highest BCUT2D eigenvalue weighted by Gasteiger charge is 2.22. The van der Waals surface area contributed by atoms with Crippen LogP contribution in [0, 0.1) is 0 Å². The number of aliphatic carboxylic acids is 1. The number of carboxylic acid groups (broad SMARTS) is 1. The Morgan fingerprint density at radius 2 is 1.93 bits per heavy atom. The van der Waals surface area contributed by atoms with E-state index in [0.717, 1.165) is 37.8 Å². The molecule has 0 radical (unpaired) electrons. The van der Waals surface area contributed by atoms with Gasteiger partial charge in [-0.25, -0.2) is 4.79 Å². The third-order valence-corrected chi connectivity index (χ3v) is 2.52. The van der Waals surface area contributed by atoms with Gasteiger partial charge in [0, 0.05) is 24.2 Å². The molecule has 0 spiro atoms. The number of amides is 1. The molecule has 84 valence electrons. The van der Waals surface area contributed by atoms with Crippen molar-refractivity contribution in [3.8, 4) is 0 Å². The average Bonchev–Trinajstić information content (AvgIpc) is 2.18. The summed E-state index contributed by atoms with van der Waals surface area (Å²) in [6.45, 7) is 0. The lowest BCUT2D eigenvalue weighted by Gasteiger charge is -2.28. The molecule has 1 rings (SSSR count). The Morgan fingerprint density at radius 3 is 2.53 bits per heavy atom. The average molecular weight is 212 g/mol. The molecule has 0 aromatic rings. The van der Waals surface area contributed by atoms with Crippen LogP contribution in [0.25, 0.3) is 0 Å². The van der Waals surface area contributed by atoms with Crippen LogP contribution in [0.4, 0.5) is 0 Å². The minimum Gasteiger partial charge on any atom is -0.478 e. The monoisotopic (exact) mass is 212 g/mol. The zero-order chi connectivity index (χ0) is 11.3. The van der Waals surface area contributed by atoms with Crippen LogP contribution < -0.4 is 11.1 Å². The van der Waals surface area contributed by atoms with Crippen molar-refractivity contribution in [2.24, 2.45) is 5.73 Å². The third kappa shape index (κ3) is 4.12. The van der Waals surface area contributed by atoms with E-state index in [1.165, 1.54) is 0 Å². The van der Waals surface area contributed by atoms with E-state index in [-0.39, 0.29) is 18.0 Å². The molecule has 15 heavy (non-hydrogen) atoms. The minimum absolute atomic E-state index is 0.0130. The Morgan fingerprint density at radius 1 is 1.27 bits per heavy atom. The molecule has 0 aromatic heterocycles. The fraction of sp³-hybridized carbons (Fsp3) is 0.600. The summed E-state index contributed by atoms with van der Waals surface area (Å²) in [6, 6.07) is -0.0365. The van der Waals surface area contributed by atoms with Crippen LogP contribution in [0.5, 0.6) is 0 Å². The van der Waals surface area contributed by atoms with E-state index in [2.05, 4.69) is 5.32 Å². The van der Waals surface area contributed by atoms with E-state index in [4.69, 9.17) is 10.8 Å². The normalized spacial score (nSPS) is 26.5. The molecule has 1 fully saturated rings. The number of carbonyl (C=O) groups is 2. The van der Waals surface area contributed by atoms with Gasteiger partial charge in [0.1, 0.15) is 0 Å². The van der Waals surface area contributed by atoms with Crippen LogP contribution in [-0.4, -0.2) is 29.1 Å². The van der Waals surface area contributed by atoms with Gasteiger partial charge in [-0.05, 0) is 12.8 Å². The SMILES string of the molecule is NC1CCCCC1NC(=O)C=CC(=O)O. The predicted molar refractivity (Wildman–Crippen MR) is 55.1 cm³/mol. The molecule has 5 heteroatoms. The maximum absolute atomic E-state index is 11.2. The molecule has 0 saturated heterocycles. The lowest BCUT2D eigenvalue weighted by Crippen LogP contribution is -2.48. The van der Waals surface area contributed by atoms with Crippen LogP contribution in [0.15, 0.2) is 12.2 Å². The summed E-state index contributed by atoms with van der Waals surface area (Å²) < 4.78 is 0. The summed E-state index contributed by atoms with van der Waals surface area (Å²) in [5.74, 6) is -1.52. The van der Waals surface area contributed by atoms with E-state index >= 15 is 0 Å². The van der Waals surface area contributed by atoms with Crippen molar-refractivity contribution in [3.63, 3.8) is 0 Å². The number of nitrogens with one attached hydrogen (secondary N) is 1. The lowest BCUT2D eigenvalue weighted by molar-refractivity contribution is -0.131. The van der Waals surface area contributed by atoms with Crippen LogP contribution in [0.3, 0.4) is 0 Å². The quantitative estimate of drug-likeness (QED) is 0.575. The zero-order valence-corrected chi connectivity index (χ0v) is 8.48. The molecular formula is C10H16N2O3. The molecule has 2 atom stereocenters. The maximum atomic E-state index is 11.2. The van der Waals surface area contributed by atoms with Crippen molar-refractivity contribution in [3.05, 3.63) is 12.2 Å². The molecule has 0 aliphatic heterocycles. The van der Waals surface area contributed by atoms with E-state index < -0.39 is 5.97 Å². The largest absolute Gasteiger partial charge is 0.478 e. The minimum atomic E-state index is -1.13. The first-order valence-corrected chi connectivity index (χ1v) is 5.06. The third-order valence-electron chi connectivity index (χ3n) is 2.52. The molecule has 0 heterocycles. The summed E-state index contributed by atoms with van der Waals surface area (Å²) in [5, 5.41) is 11.0. The van der Waals surface area contributed by atoms with E-state index in [1.54, 1.807) is 0 Å². The highest BCUT2D eigenvalue weighted by Crippen LogP contribution is 2.16. The molecule has 1 amide bonds. The zero-order valence-electron chi connectivity index (χ0n) is 8.48. The van der Waals surface area contributed by atoms with E-state index in [0.29, 0.717) is 0 Å². The van der Waals surface area contributed by atoms with Gasteiger partial charge < -0.3 is 16.2 Å². The van der Waals surface area contributed by atoms with Crippen LogP contribution >= 0.6 is 0 Å². The Balaban J connectivity index is 2.39. The van der Waals surface area contributed by atoms with Crippen molar-refractivity contribution in [1.29, 1.82) is 0 Å². The number of carboxylic acids is 1. The molecule has 5 nitrogen and oxygen atoms in total. The second-order valence-corrected chi connectivity index (χ2v) is 3.73. The van der Waals surface area contributed by atoms with Gasteiger partial charge in [-0.3, -0.25) is 4.79 Å². The maximum Gasteiger partial charge on any atom is 0.328 e. The number of carbonyl (C=O) groups excluding carboxylic acids is 1. The molecule has 1 aliphatic carbocycles. The first-order chi connectivity index (χ1) is 7.09. The summed E-state index contributed by atoms with van der Waals surface area (Å²) in [5.41, 5.74) is 5.83. The standard InChI is InChI=1S/C10H16N2O3/c11-7-3-1-2-4-8(7)12-9(13)5-6-10(14)15/h5-8H,1-4,11H2,(H,12,13)(H,14,15). The topological polar surface area (TPSA) is 92.4 Å². The van der Waals surface area contributed by atoms with Crippen molar-refractivity contribution in [2.75, 3.05) is 0 Å². The smallest absolute Gasteiger partial charge is 0.328 e. The van der Waals surface area contributed by atoms with Gasteiger partial charge in [0.2, 0.25) is 5.91 Å². The van der Waals surface area contributed by atoms with Gasteiger partial charge >= 0.3 is 5.97 Å². The van der Waals surface area contributed by atoms with Gasteiger partial charge in [-0.1, -0.05) is 12.8 Å². The number of hydrogen-bond acceptors (Lipinski definition) is 3. The summed E-state index contributed by atoms with van der Waals surface area (Å²) in [6.07, 6.45) is 5.77. The Bertz CT molecular complexity index is 276. The molecule has 1 saturated carbocycles. The summed E-state index contributed by atoms with van der Waals surface area (Å²) in [4.78, 5) is 21.4. The van der Waals surface area contributed by atoms with Crippen molar-refractivity contribution in [1.82, 2.24) is 5.32 Å². The fourth-order valence-electron chi connectivity index (χ4n) is 1.72. The molecule has 0 bridgehead atoms. The highest BCUT2D eigenvalue weighted by atomic mass is 16.4. The number of nitrogens with two attached hydrogens (primary N) is 1. The number of rotatable bonds is 3. The van der Waals surface area contributed by atoms with Gasteiger partial charge in [0.25, 0.3) is 0 Å². The molecule has 2 unspecified atom stereocenters. The molecule has 1 aliphatic rings. The van der Waals surface area contributed by atoms with Crippen LogP contribution in [-0.2, 0) is 9.59 Å². The first kappa shape index (κ1) is 11.7. The lowest BCUT2D eigenvalue weighted by atomic mass is 9.91. The molecule has 4 N–H and O–H groups in total. The Kier molecular flexibility index (Phi) is 4.30. The second kappa shape index (κ2) is 5.50. The Hall–Kier alpha value is -1.36. The van der Waals surface area contributed by atoms with Gasteiger partial charge in [-0.15, -0.1) is 0 Å². The van der Waals surface area contributed by atoms with Crippen molar-refractivity contribution >= 4 is 11.9 Å². The van der Waals surface area contributed by atoms with Gasteiger partial charge in [-0.2, -0.15) is 0 Å². The second-order valence-electron chi connectivity index (χ2n) is 3.73. The van der Waals surface area contributed by atoms with E-state index in [1.807, 2.05) is 0 Å². The predicted octanol–water partition coefficient (Wildman–Crippen LogP) is 0.0133. The van der Waals surface area contributed by atoms with Crippen molar-refractivity contribution < 1.29 is 14.7 Å². The van der Waals surface area contributed by atoms with Crippen LogP contribution in [0.2, 0.25) is 0 Å². The summed E-state index contributed by atoms with van der Waals surface area (Å²) in [7, 11) is 0.